The molecule has 1 rings (SSSR count). The van der Waals surface area contributed by atoms with Crippen molar-refractivity contribution >= 4 is 6.03 Å². The zero-order valence-electron chi connectivity index (χ0n) is 10.4. The van der Waals surface area contributed by atoms with E-state index in [1.807, 2.05) is 20.2 Å². The van der Waals surface area contributed by atoms with Gasteiger partial charge in [0, 0.05) is 45.1 Å². The number of rotatable bonds is 7. The molecule has 96 valence electrons. The molecule has 0 unspecified atom stereocenters. The van der Waals surface area contributed by atoms with Crippen molar-refractivity contribution in [3.8, 4) is 0 Å². The topological polar surface area (TPSA) is 68.2 Å². The fourth-order valence-corrected chi connectivity index (χ4v) is 1.33. The summed E-state index contributed by atoms with van der Waals surface area (Å²) >= 11 is 0. The van der Waals surface area contributed by atoms with Gasteiger partial charge < -0.3 is 15.4 Å². The van der Waals surface area contributed by atoms with Crippen LogP contribution in [0.5, 0.6) is 0 Å². The monoisotopic (exact) mass is 240 g/mol. The van der Waals surface area contributed by atoms with Crippen molar-refractivity contribution in [3.63, 3.8) is 0 Å². The molecule has 6 heteroatoms. The fourth-order valence-electron chi connectivity index (χ4n) is 1.33. The maximum absolute atomic E-state index is 11.4. The van der Waals surface area contributed by atoms with Crippen LogP contribution in [0.2, 0.25) is 0 Å². The molecule has 0 saturated carbocycles. The summed E-state index contributed by atoms with van der Waals surface area (Å²) in [5, 5.41) is 9.54. The van der Waals surface area contributed by atoms with Crippen molar-refractivity contribution in [2.45, 2.75) is 19.9 Å². The van der Waals surface area contributed by atoms with Gasteiger partial charge in [0.2, 0.25) is 0 Å². The fraction of sp³-hybridized carbons (Fsp3) is 0.636. The van der Waals surface area contributed by atoms with Crippen LogP contribution in [-0.2, 0) is 18.3 Å². The third-order valence-corrected chi connectivity index (χ3v) is 2.17. The van der Waals surface area contributed by atoms with Crippen molar-refractivity contribution in [2.75, 3.05) is 19.8 Å². The van der Waals surface area contributed by atoms with E-state index in [9.17, 15) is 4.79 Å². The van der Waals surface area contributed by atoms with Crippen LogP contribution >= 0.6 is 0 Å². The Morgan fingerprint density at radius 2 is 2.35 bits per heavy atom. The van der Waals surface area contributed by atoms with Crippen molar-refractivity contribution in [1.82, 2.24) is 20.4 Å². The maximum atomic E-state index is 11.4. The molecule has 0 saturated heterocycles. The minimum Gasteiger partial charge on any atom is -0.382 e. The molecule has 1 heterocycles. The SMILES string of the molecule is CCOCCCNC(=O)NCc1cnn(C)c1. The van der Waals surface area contributed by atoms with Gasteiger partial charge in [0.25, 0.3) is 0 Å². The molecule has 0 radical (unpaired) electrons. The van der Waals surface area contributed by atoms with E-state index < -0.39 is 0 Å². The summed E-state index contributed by atoms with van der Waals surface area (Å²) in [6.07, 6.45) is 4.43. The number of nitrogens with zero attached hydrogens (tertiary/aromatic N) is 2. The number of ether oxygens (including phenoxy) is 1. The smallest absolute Gasteiger partial charge is 0.315 e. The van der Waals surface area contributed by atoms with E-state index in [1.165, 1.54) is 0 Å². The molecule has 0 spiro atoms. The molecule has 2 N–H and O–H groups in total. The molecule has 0 fully saturated rings. The lowest BCUT2D eigenvalue weighted by atomic mass is 10.4. The number of aryl methyl sites for hydroxylation is 1. The van der Waals surface area contributed by atoms with Crippen molar-refractivity contribution in [2.24, 2.45) is 7.05 Å². The zero-order chi connectivity index (χ0) is 12.5. The van der Waals surface area contributed by atoms with Gasteiger partial charge in [-0.15, -0.1) is 0 Å². The predicted octanol–water partition coefficient (Wildman–Crippen LogP) is 0.646. The molecule has 0 aliphatic carbocycles. The van der Waals surface area contributed by atoms with E-state index in [-0.39, 0.29) is 6.03 Å². The van der Waals surface area contributed by atoms with Crippen LogP contribution in [-0.4, -0.2) is 35.6 Å². The van der Waals surface area contributed by atoms with E-state index in [4.69, 9.17) is 4.74 Å². The van der Waals surface area contributed by atoms with Crippen molar-refractivity contribution in [1.29, 1.82) is 0 Å². The highest BCUT2D eigenvalue weighted by molar-refractivity contribution is 5.73. The lowest BCUT2D eigenvalue weighted by Gasteiger charge is -2.06. The van der Waals surface area contributed by atoms with Crippen LogP contribution in [0.1, 0.15) is 18.9 Å². The summed E-state index contributed by atoms with van der Waals surface area (Å²) < 4.78 is 6.87. The van der Waals surface area contributed by atoms with Gasteiger partial charge in [0.15, 0.2) is 0 Å². The van der Waals surface area contributed by atoms with E-state index in [0.717, 1.165) is 12.0 Å². The lowest BCUT2D eigenvalue weighted by molar-refractivity contribution is 0.145. The number of carbonyl (C=O) groups excluding carboxylic acids is 1. The van der Waals surface area contributed by atoms with E-state index >= 15 is 0 Å². The maximum Gasteiger partial charge on any atom is 0.315 e. The van der Waals surface area contributed by atoms with E-state index in [0.29, 0.717) is 26.3 Å². The van der Waals surface area contributed by atoms with Gasteiger partial charge in [-0.1, -0.05) is 0 Å². The minimum atomic E-state index is -0.162. The number of amides is 2. The quantitative estimate of drug-likeness (QED) is 0.687. The Morgan fingerprint density at radius 1 is 1.53 bits per heavy atom. The number of carbonyl (C=O) groups is 1. The van der Waals surface area contributed by atoms with Gasteiger partial charge >= 0.3 is 6.03 Å². The van der Waals surface area contributed by atoms with Gasteiger partial charge in [-0.25, -0.2) is 4.79 Å². The average molecular weight is 240 g/mol. The molecule has 0 aliphatic heterocycles. The zero-order valence-corrected chi connectivity index (χ0v) is 10.4. The van der Waals surface area contributed by atoms with Crippen LogP contribution in [0.4, 0.5) is 4.79 Å². The van der Waals surface area contributed by atoms with Gasteiger partial charge in [-0.3, -0.25) is 4.68 Å². The minimum absolute atomic E-state index is 0.162. The number of aromatic nitrogens is 2. The Hall–Kier alpha value is -1.56. The summed E-state index contributed by atoms with van der Waals surface area (Å²) in [5.74, 6) is 0. The summed E-state index contributed by atoms with van der Waals surface area (Å²) in [7, 11) is 1.84. The summed E-state index contributed by atoms with van der Waals surface area (Å²) in [6, 6.07) is -0.162. The van der Waals surface area contributed by atoms with Gasteiger partial charge in [0.1, 0.15) is 0 Å². The summed E-state index contributed by atoms with van der Waals surface area (Å²) in [5.41, 5.74) is 0.983. The highest BCUT2D eigenvalue weighted by Crippen LogP contribution is 1.94. The second-order valence-electron chi connectivity index (χ2n) is 3.68. The highest BCUT2D eigenvalue weighted by atomic mass is 16.5. The Bertz CT molecular complexity index is 338. The molecular formula is C11H20N4O2. The molecule has 6 nitrogen and oxygen atoms in total. The van der Waals surface area contributed by atoms with Gasteiger partial charge in [-0.05, 0) is 13.3 Å². The Labute approximate surface area is 101 Å². The number of hydrogen-bond acceptors (Lipinski definition) is 3. The number of nitrogens with one attached hydrogen (secondary N) is 2. The largest absolute Gasteiger partial charge is 0.382 e. The van der Waals surface area contributed by atoms with Gasteiger partial charge in [-0.2, -0.15) is 5.10 Å². The van der Waals surface area contributed by atoms with Crippen molar-refractivity contribution < 1.29 is 9.53 Å². The van der Waals surface area contributed by atoms with Gasteiger partial charge in [0.05, 0.1) is 6.20 Å². The van der Waals surface area contributed by atoms with Crippen molar-refractivity contribution in [3.05, 3.63) is 18.0 Å². The van der Waals surface area contributed by atoms with Crippen LogP contribution < -0.4 is 10.6 Å². The first kappa shape index (κ1) is 13.5. The Morgan fingerprint density at radius 3 is 3.00 bits per heavy atom. The standard InChI is InChI=1S/C11H20N4O2/c1-3-17-6-4-5-12-11(16)13-7-10-8-14-15(2)9-10/h8-9H,3-7H2,1-2H3,(H2,12,13,16). The molecule has 2 amide bonds. The molecule has 1 aromatic heterocycles. The molecule has 0 aromatic carbocycles. The normalized spacial score (nSPS) is 10.2. The third-order valence-electron chi connectivity index (χ3n) is 2.17. The van der Waals surface area contributed by atoms with Crippen LogP contribution in [0, 0.1) is 0 Å². The number of hydrogen-bond donors (Lipinski definition) is 2. The third kappa shape index (κ3) is 5.91. The van der Waals surface area contributed by atoms with Crippen LogP contribution in [0.15, 0.2) is 12.4 Å². The highest BCUT2D eigenvalue weighted by Gasteiger charge is 2.00. The Balaban J connectivity index is 2.05. The van der Waals surface area contributed by atoms with Crippen LogP contribution in [0.25, 0.3) is 0 Å². The molecule has 0 aliphatic rings. The first-order chi connectivity index (χ1) is 8.22. The summed E-state index contributed by atoms with van der Waals surface area (Å²) in [4.78, 5) is 11.4. The molecule has 17 heavy (non-hydrogen) atoms. The average Bonchev–Trinajstić information content (AvgIpc) is 2.72. The molecular weight excluding hydrogens is 220 g/mol. The number of urea groups is 1. The second kappa shape index (κ2) is 7.67. The second-order valence-corrected chi connectivity index (χ2v) is 3.68. The molecule has 1 aromatic rings. The predicted molar refractivity (Wildman–Crippen MR) is 64.6 cm³/mol. The molecule has 0 bridgehead atoms. The lowest BCUT2D eigenvalue weighted by Crippen LogP contribution is -2.35. The van der Waals surface area contributed by atoms with Crippen LogP contribution in [0.3, 0.4) is 0 Å². The summed E-state index contributed by atoms with van der Waals surface area (Å²) in [6.45, 7) is 4.46. The molecule has 0 atom stereocenters. The van der Waals surface area contributed by atoms with E-state index in [2.05, 4.69) is 15.7 Å². The Kier molecular flexibility index (Phi) is 6.09. The van der Waals surface area contributed by atoms with E-state index in [1.54, 1.807) is 10.9 Å². The first-order valence-corrected chi connectivity index (χ1v) is 5.79. The first-order valence-electron chi connectivity index (χ1n) is 5.79.